The summed E-state index contributed by atoms with van der Waals surface area (Å²) in [5.74, 6) is -0.194. The molecule has 0 heterocycles. The Morgan fingerprint density at radius 1 is 1.40 bits per heavy atom. The van der Waals surface area contributed by atoms with Crippen molar-refractivity contribution in [3.63, 3.8) is 0 Å². The van der Waals surface area contributed by atoms with Crippen molar-refractivity contribution < 1.29 is 9.90 Å². The molecule has 0 aliphatic carbocycles. The molecule has 20 heavy (non-hydrogen) atoms. The molecule has 0 fully saturated rings. The van der Waals surface area contributed by atoms with E-state index < -0.39 is 5.60 Å². The van der Waals surface area contributed by atoms with E-state index in [1.54, 1.807) is 32.0 Å². The van der Waals surface area contributed by atoms with Crippen LogP contribution in [0.4, 0.5) is 5.69 Å². The highest BCUT2D eigenvalue weighted by Gasteiger charge is 2.19. The van der Waals surface area contributed by atoms with Crippen molar-refractivity contribution in [1.82, 2.24) is 4.90 Å². The molecule has 1 aromatic rings. The standard InChI is InChI=1S/C14H20Cl2N2O2/c1-4-18(9-14(2,3)20)8-13(19)17-12-7-10(15)5-6-11(12)16/h5-7,20H,4,8-9H2,1-3H3,(H,17,19). The fourth-order valence-corrected chi connectivity index (χ4v) is 2.15. The van der Waals surface area contributed by atoms with Crippen LogP contribution < -0.4 is 5.32 Å². The molecule has 112 valence electrons. The van der Waals surface area contributed by atoms with Gasteiger partial charge in [0.1, 0.15) is 0 Å². The van der Waals surface area contributed by atoms with Gasteiger partial charge < -0.3 is 10.4 Å². The Bertz CT molecular complexity index is 473. The highest BCUT2D eigenvalue weighted by molar-refractivity contribution is 6.35. The maximum atomic E-state index is 12.0. The second kappa shape index (κ2) is 7.27. The van der Waals surface area contributed by atoms with E-state index in [4.69, 9.17) is 23.2 Å². The second-order valence-corrected chi connectivity index (χ2v) is 6.13. The molecule has 4 nitrogen and oxygen atoms in total. The molecule has 0 bridgehead atoms. The Morgan fingerprint density at radius 3 is 2.60 bits per heavy atom. The van der Waals surface area contributed by atoms with Gasteiger partial charge in [-0.3, -0.25) is 9.69 Å². The number of nitrogens with zero attached hydrogens (tertiary/aromatic N) is 1. The molecule has 0 saturated carbocycles. The van der Waals surface area contributed by atoms with E-state index in [-0.39, 0.29) is 12.5 Å². The lowest BCUT2D eigenvalue weighted by atomic mass is 10.1. The number of likely N-dealkylation sites (N-methyl/N-ethyl adjacent to an activating group) is 1. The van der Waals surface area contributed by atoms with Crippen LogP contribution in [0.15, 0.2) is 18.2 Å². The minimum absolute atomic E-state index is 0.184. The van der Waals surface area contributed by atoms with Gasteiger partial charge in [-0.1, -0.05) is 30.1 Å². The van der Waals surface area contributed by atoms with E-state index in [1.807, 2.05) is 11.8 Å². The van der Waals surface area contributed by atoms with Crippen molar-refractivity contribution in [2.24, 2.45) is 0 Å². The molecule has 2 N–H and O–H groups in total. The van der Waals surface area contributed by atoms with Gasteiger partial charge in [0.15, 0.2) is 0 Å². The number of hydrogen-bond acceptors (Lipinski definition) is 3. The van der Waals surface area contributed by atoms with Crippen LogP contribution in [-0.4, -0.2) is 41.1 Å². The number of aliphatic hydroxyl groups is 1. The molecule has 1 rings (SSSR count). The zero-order valence-electron chi connectivity index (χ0n) is 11.9. The number of benzene rings is 1. The van der Waals surface area contributed by atoms with Crippen molar-refractivity contribution >= 4 is 34.8 Å². The number of amides is 1. The van der Waals surface area contributed by atoms with Gasteiger partial charge in [-0.05, 0) is 38.6 Å². The van der Waals surface area contributed by atoms with Gasteiger partial charge in [-0.15, -0.1) is 0 Å². The summed E-state index contributed by atoms with van der Waals surface area (Å²) in [6, 6.07) is 4.90. The van der Waals surface area contributed by atoms with Crippen molar-refractivity contribution in [3.8, 4) is 0 Å². The van der Waals surface area contributed by atoms with Crippen LogP contribution in [0, 0.1) is 0 Å². The summed E-state index contributed by atoms with van der Waals surface area (Å²) in [4.78, 5) is 13.8. The van der Waals surface area contributed by atoms with Crippen LogP contribution in [0.5, 0.6) is 0 Å². The molecular weight excluding hydrogens is 299 g/mol. The van der Waals surface area contributed by atoms with Gasteiger partial charge in [0, 0.05) is 11.6 Å². The summed E-state index contributed by atoms with van der Waals surface area (Å²) in [5, 5.41) is 13.5. The largest absolute Gasteiger partial charge is 0.389 e. The van der Waals surface area contributed by atoms with Crippen molar-refractivity contribution in [1.29, 1.82) is 0 Å². The first-order valence-corrected chi connectivity index (χ1v) is 7.16. The number of hydrogen-bond donors (Lipinski definition) is 2. The predicted molar refractivity (Wildman–Crippen MR) is 83.5 cm³/mol. The third-order valence-corrected chi connectivity index (χ3v) is 3.19. The average molecular weight is 319 g/mol. The van der Waals surface area contributed by atoms with Crippen LogP contribution in [-0.2, 0) is 4.79 Å². The first-order chi connectivity index (χ1) is 9.21. The van der Waals surface area contributed by atoms with Gasteiger partial charge in [0.25, 0.3) is 0 Å². The van der Waals surface area contributed by atoms with E-state index in [2.05, 4.69) is 5.32 Å². The summed E-state index contributed by atoms with van der Waals surface area (Å²) >= 11 is 11.9. The molecule has 1 amide bonds. The van der Waals surface area contributed by atoms with Gasteiger partial charge in [0.05, 0.1) is 22.9 Å². The van der Waals surface area contributed by atoms with Crippen molar-refractivity contribution in [2.75, 3.05) is 25.0 Å². The molecule has 0 atom stereocenters. The minimum Gasteiger partial charge on any atom is -0.389 e. The monoisotopic (exact) mass is 318 g/mol. The van der Waals surface area contributed by atoms with Crippen LogP contribution in [0.25, 0.3) is 0 Å². The maximum absolute atomic E-state index is 12.0. The molecule has 1 aromatic carbocycles. The van der Waals surface area contributed by atoms with Crippen LogP contribution >= 0.6 is 23.2 Å². The number of rotatable bonds is 6. The molecule has 0 radical (unpaired) electrons. The topological polar surface area (TPSA) is 52.6 Å². The smallest absolute Gasteiger partial charge is 0.238 e. The SMILES string of the molecule is CCN(CC(=O)Nc1cc(Cl)ccc1Cl)CC(C)(C)O. The molecule has 0 spiro atoms. The van der Waals surface area contributed by atoms with E-state index >= 15 is 0 Å². The Hall–Kier alpha value is -0.810. The fraction of sp³-hybridized carbons (Fsp3) is 0.500. The first kappa shape index (κ1) is 17.2. The van der Waals surface area contributed by atoms with Gasteiger partial charge in [0.2, 0.25) is 5.91 Å². The van der Waals surface area contributed by atoms with Gasteiger partial charge >= 0.3 is 0 Å². The molecule has 6 heteroatoms. The highest BCUT2D eigenvalue weighted by Crippen LogP contribution is 2.25. The Balaban J connectivity index is 2.64. The number of anilines is 1. The third kappa shape index (κ3) is 6.09. The quantitative estimate of drug-likeness (QED) is 0.847. The molecule has 0 unspecified atom stereocenters. The van der Waals surface area contributed by atoms with Crippen LogP contribution in [0.3, 0.4) is 0 Å². The summed E-state index contributed by atoms with van der Waals surface area (Å²) < 4.78 is 0. The Kier molecular flexibility index (Phi) is 6.27. The minimum atomic E-state index is -0.843. The highest BCUT2D eigenvalue weighted by atomic mass is 35.5. The normalized spacial score (nSPS) is 11.8. The van der Waals surface area contributed by atoms with Gasteiger partial charge in [-0.25, -0.2) is 0 Å². The fourth-order valence-electron chi connectivity index (χ4n) is 1.81. The third-order valence-electron chi connectivity index (χ3n) is 2.63. The zero-order valence-corrected chi connectivity index (χ0v) is 13.4. The molecule has 0 aliphatic heterocycles. The summed E-state index contributed by atoms with van der Waals surface area (Å²) in [6.45, 7) is 6.62. The number of halogens is 2. The molecule has 0 aliphatic rings. The summed E-state index contributed by atoms with van der Waals surface area (Å²) in [5.41, 5.74) is -0.354. The van der Waals surface area contributed by atoms with E-state index in [9.17, 15) is 9.90 Å². The van der Waals surface area contributed by atoms with E-state index in [0.29, 0.717) is 28.8 Å². The summed E-state index contributed by atoms with van der Waals surface area (Å²) in [7, 11) is 0. The molecule has 0 aromatic heterocycles. The van der Waals surface area contributed by atoms with Crippen LogP contribution in [0.2, 0.25) is 10.0 Å². The Morgan fingerprint density at radius 2 is 2.05 bits per heavy atom. The van der Waals surface area contributed by atoms with E-state index in [0.717, 1.165) is 0 Å². The van der Waals surface area contributed by atoms with Crippen molar-refractivity contribution in [2.45, 2.75) is 26.4 Å². The lowest BCUT2D eigenvalue weighted by molar-refractivity contribution is -0.117. The number of carbonyl (C=O) groups excluding carboxylic acids is 1. The number of nitrogens with one attached hydrogen (secondary N) is 1. The lowest BCUT2D eigenvalue weighted by Crippen LogP contribution is -2.42. The second-order valence-electron chi connectivity index (χ2n) is 5.29. The average Bonchev–Trinajstić information content (AvgIpc) is 2.31. The zero-order chi connectivity index (χ0) is 15.3. The predicted octanol–water partition coefficient (Wildman–Crippen LogP) is 3.02. The molecular formula is C14H20Cl2N2O2. The van der Waals surface area contributed by atoms with Crippen LogP contribution in [0.1, 0.15) is 20.8 Å². The molecule has 0 saturated heterocycles. The van der Waals surface area contributed by atoms with Gasteiger partial charge in [-0.2, -0.15) is 0 Å². The lowest BCUT2D eigenvalue weighted by Gasteiger charge is -2.27. The Labute approximate surface area is 129 Å². The van der Waals surface area contributed by atoms with Crippen molar-refractivity contribution in [3.05, 3.63) is 28.2 Å². The number of carbonyl (C=O) groups is 1. The van der Waals surface area contributed by atoms with E-state index in [1.165, 1.54) is 0 Å². The first-order valence-electron chi connectivity index (χ1n) is 6.41. The summed E-state index contributed by atoms with van der Waals surface area (Å²) in [6.07, 6.45) is 0. The maximum Gasteiger partial charge on any atom is 0.238 e.